The molecule has 33 heavy (non-hydrogen) atoms. The molecule has 8 heteroatoms. The summed E-state index contributed by atoms with van der Waals surface area (Å²) < 4.78 is 25.5. The number of rotatable bonds is 6. The van der Waals surface area contributed by atoms with Crippen LogP contribution in [-0.4, -0.2) is 29.3 Å². The van der Waals surface area contributed by atoms with Crippen LogP contribution in [0.25, 0.3) is 11.1 Å². The van der Waals surface area contributed by atoms with Crippen molar-refractivity contribution in [2.24, 2.45) is 0 Å². The van der Waals surface area contributed by atoms with Crippen molar-refractivity contribution in [2.45, 2.75) is 37.0 Å². The van der Waals surface area contributed by atoms with E-state index in [4.69, 9.17) is 9.47 Å². The standard InChI is InChI=1S/C25H25N3O4S/c1-15-16(2)23(27-13-20(15)17-4-7-19(8-5-17)33(30)26-3)28-24(29)25(10-11-25)18-6-9-21-22(12-18)32-14-31-21/h4-9,12-13,26H,10-11,14H2,1-3H3,(H,27,28,29). The molecule has 0 radical (unpaired) electrons. The Balaban J connectivity index is 1.37. The summed E-state index contributed by atoms with van der Waals surface area (Å²) in [6.07, 6.45) is 3.35. The molecule has 7 nitrogen and oxygen atoms in total. The Morgan fingerprint density at radius 2 is 1.79 bits per heavy atom. The van der Waals surface area contributed by atoms with E-state index in [0.29, 0.717) is 22.2 Å². The van der Waals surface area contributed by atoms with Gasteiger partial charge in [0.2, 0.25) is 12.7 Å². The molecule has 1 fully saturated rings. The van der Waals surface area contributed by atoms with Crippen molar-refractivity contribution in [3.8, 4) is 22.6 Å². The first-order valence-corrected chi connectivity index (χ1v) is 12.0. The Bertz CT molecular complexity index is 1230. The quantitative estimate of drug-likeness (QED) is 0.537. The molecule has 2 aromatic carbocycles. The molecule has 1 amide bonds. The molecule has 1 unspecified atom stereocenters. The van der Waals surface area contributed by atoms with E-state index in [1.807, 2.05) is 56.3 Å². The minimum absolute atomic E-state index is 0.0528. The smallest absolute Gasteiger partial charge is 0.236 e. The first kappa shape index (κ1) is 21.8. The maximum absolute atomic E-state index is 13.3. The molecule has 0 saturated heterocycles. The Morgan fingerprint density at radius 1 is 1.06 bits per heavy atom. The molecule has 1 aromatic heterocycles. The normalized spacial score (nSPS) is 16.4. The van der Waals surface area contributed by atoms with Gasteiger partial charge in [0.05, 0.1) is 16.8 Å². The highest BCUT2D eigenvalue weighted by Gasteiger charge is 2.52. The number of amides is 1. The van der Waals surface area contributed by atoms with Crippen LogP contribution in [0.2, 0.25) is 0 Å². The van der Waals surface area contributed by atoms with E-state index in [1.54, 1.807) is 13.2 Å². The molecular weight excluding hydrogens is 438 g/mol. The van der Waals surface area contributed by atoms with Crippen molar-refractivity contribution in [1.82, 2.24) is 9.71 Å². The van der Waals surface area contributed by atoms with Crippen LogP contribution in [0, 0.1) is 13.8 Å². The largest absolute Gasteiger partial charge is 0.593 e. The lowest BCUT2D eigenvalue weighted by Crippen LogP contribution is -2.28. The van der Waals surface area contributed by atoms with E-state index < -0.39 is 16.8 Å². The molecule has 1 saturated carbocycles. The molecule has 170 valence electrons. The summed E-state index contributed by atoms with van der Waals surface area (Å²) in [4.78, 5) is 18.6. The summed E-state index contributed by atoms with van der Waals surface area (Å²) in [5.41, 5.74) is 4.30. The van der Waals surface area contributed by atoms with Crippen LogP contribution in [0.15, 0.2) is 53.6 Å². The summed E-state index contributed by atoms with van der Waals surface area (Å²) in [5, 5.41) is 3.06. The van der Waals surface area contributed by atoms with Gasteiger partial charge >= 0.3 is 0 Å². The summed E-state index contributed by atoms with van der Waals surface area (Å²) in [7, 11) is 1.66. The highest BCUT2D eigenvalue weighted by atomic mass is 32.2. The van der Waals surface area contributed by atoms with Gasteiger partial charge in [-0.2, -0.15) is 0 Å². The molecule has 5 rings (SSSR count). The first-order chi connectivity index (χ1) is 15.9. The number of fused-ring (bicyclic) bond motifs is 1. The van der Waals surface area contributed by atoms with Crippen LogP contribution in [0.1, 0.15) is 29.5 Å². The van der Waals surface area contributed by atoms with Crippen molar-refractivity contribution in [1.29, 1.82) is 0 Å². The van der Waals surface area contributed by atoms with Gasteiger partial charge in [-0.1, -0.05) is 6.07 Å². The van der Waals surface area contributed by atoms with Crippen molar-refractivity contribution < 1.29 is 18.8 Å². The van der Waals surface area contributed by atoms with Gasteiger partial charge in [-0.25, -0.2) is 4.98 Å². The molecular formula is C25H25N3O4S. The Hall–Kier alpha value is -3.07. The number of anilines is 1. The number of hydrogen-bond acceptors (Lipinski definition) is 6. The van der Waals surface area contributed by atoms with E-state index in [0.717, 1.165) is 40.7 Å². The Labute approximate surface area is 195 Å². The topological polar surface area (TPSA) is 95.5 Å². The zero-order chi connectivity index (χ0) is 23.2. The minimum atomic E-state index is -1.22. The summed E-state index contributed by atoms with van der Waals surface area (Å²) in [6, 6.07) is 13.3. The Kier molecular flexibility index (Phi) is 5.52. The maximum atomic E-state index is 13.3. The fraction of sp³-hybridized carbons (Fsp3) is 0.280. The molecule has 3 aromatic rings. The molecule has 2 heterocycles. The van der Waals surface area contributed by atoms with Gasteiger partial charge in [-0.15, -0.1) is 4.72 Å². The lowest BCUT2D eigenvalue weighted by molar-refractivity contribution is -0.118. The predicted molar refractivity (Wildman–Crippen MR) is 127 cm³/mol. The van der Waals surface area contributed by atoms with Gasteiger partial charge in [0.15, 0.2) is 16.4 Å². The average Bonchev–Trinajstić information content (AvgIpc) is 3.52. The van der Waals surface area contributed by atoms with E-state index in [-0.39, 0.29) is 12.7 Å². The predicted octanol–water partition coefficient (Wildman–Crippen LogP) is 4.01. The zero-order valence-corrected chi connectivity index (χ0v) is 19.5. The van der Waals surface area contributed by atoms with Crippen LogP contribution in [-0.2, 0) is 21.6 Å². The third-order valence-corrected chi connectivity index (χ3v) is 7.62. The van der Waals surface area contributed by atoms with Crippen molar-refractivity contribution in [3.05, 3.63) is 65.4 Å². The first-order valence-electron chi connectivity index (χ1n) is 10.8. The third-order valence-electron chi connectivity index (χ3n) is 6.55. The number of nitrogens with zero attached hydrogens (tertiary/aromatic N) is 1. The number of nitrogens with one attached hydrogen (secondary N) is 2. The van der Waals surface area contributed by atoms with Gasteiger partial charge in [0.1, 0.15) is 5.82 Å². The van der Waals surface area contributed by atoms with Crippen LogP contribution in [0.4, 0.5) is 5.82 Å². The van der Waals surface area contributed by atoms with Gasteiger partial charge in [-0.3, -0.25) is 4.79 Å². The number of aromatic nitrogens is 1. The number of carbonyl (C=O) groups excluding carboxylic acids is 1. The number of carbonyl (C=O) groups is 1. The fourth-order valence-corrected chi connectivity index (χ4v) is 4.81. The number of hydrogen-bond donors (Lipinski definition) is 2. The Morgan fingerprint density at radius 3 is 2.48 bits per heavy atom. The number of pyridine rings is 1. The van der Waals surface area contributed by atoms with E-state index in [2.05, 4.69) is 15.0 Å². The SMILES string of the molecule is CN[S+]([O-])c1ccc(-c2cnc(NC(=O)C3(c4ccc5c(c4)OCO5)CC3)c(C)c2C)cc1. The average molecular weight is 464 g/mol. The highest BCUT2D eigenvalue weighted by molar-refractivity contribution is 7.89. The fourth-order valence-electron chi connectivity index (χ4n) is 4.19. The molecule has 0 spiro atoms. The van der Waals surface area contributed by atoms with Crippen molar-refractivity contribution in [3.63, 3.8) is 0 Å². The van der Waals surface area contributed by atoms with Gasteiger partial charge in [0.25, 0.3) is 0 Å². The second kappa shape index (κ2) is 8.37. The lowest BCUT2D eigenvalue weighted by Gasteiger charge is -2.18. The maximum Gasteiger partial charge on any atom is 0.236 e. The monoisotopic (exact) mass is 463 g/mol. The van der Waals surface area contributed by atoms with Crippen LogP contribution >= 0.6 is 0 Å². The van der Waals surface area contributed by atoms with E-state index in [9.17, 15) is 9.35 Å². The van der Waals surface area contributed by atoms with E-state index in [1.165, 1.54) is 0 Å². The molecule has 1 aliphatic carbocycles. The van der Waals surface area contributed by atoms with Crippen LogP contribution in [0.3, 0.4) is 0 Å². The van der Waals surface area contributed by atoms with Crippen molar-refractivity contribution >= 4 is 23.1 Å². The van der Waals surface area contributed by atoms with Gasteiger partial charge < -0.3 is 19.3 Å². The molecule has 1 aliphatic heterocycles. The lowest BCUT2D eigenvalue weighted by atomic mass is 9.94. The third kappa shape index (κ3) is 3.84. The second-order valence-electron chi connectivity index (χ2n) is 8.37. The van der Waals surface area contributed by atoms with E-state index >= 15 is 0 Å². The summed E-state index contributed by atoms with van der Waals surface area (Å²) >= 11 is -1.22. The van der Waals surface area contributed by atoms with Crippen LogP contribution in [0.5, 0.6) is 11.5 Å². The molecule has 2 N–H and O–H groups in total. The minimum Gasteiger partial charge on any atom is -0.593 e. The molecule has 1 atom stereocenters. The number of ether oxygens (including phenoxy) is 2. The molecule has 0 bridgehead atoms. The molecule has 2 aliphatic rings. The number of benzene rings is 2. The summed E-state index contributed by atoms with van der Waals surface area (Å²) in [5.74, 6) is 1.92. The second-order valence-corrected chi connectivity index (χ2v) is 9.79. The zero-order valence-electron chi connectivity index (χ0n) is 18.7. The highest BCUT2D eigenvalue weighted by Crippen LogP contribution is 2.51. The van der Waals surface area contributed by atoms with Crippen LogP contribution < -0.4 is 19.5 Å². The van der Waals surface area contributed by atoms with Gasteiger partial charge in [0, 0.05) is 18.8 Å². The van der Waals surface area contributed by atoms with Crippen molar-refractivity contribution in [2.75, 3.05) is 19.2 Å². The van der Waals surface area contributed by atoms with Gasteiger partial charge in [-0.05, 0) is 85.3 Å². The summed E-state index contributed by atoms with van der Waals surface area (Å²) in [6.45, 7) is 4.20.